The Kier molecular flexibility index (Phi) is 3.96. The predicted octanol–water partition coefficient (Wildman–Crippen LogP) is 3.14. The lowest BCUT2D eigenvalue weighted by Crippen LogP contribution is -2.46. The van der Waals surface area contributed by atoms with Gasteiger partial charge in [-0.3, -0.25) is 4.79 Å². The van der Waals surface area contributed by atoms with Crippen LogP contribution in [0.5, 0.6) is 0 Å². The number of H-pyrrole nitrogens is 1. The smallest absolute Gasteiger partial charge is 0.257 e. The van der Waals surface area contributed by atoms with E-state index in [1.165, 1.54) is 4.90 Å². The van der Waals surface area contributed by atoms with Crippen LogP contribution in [-0.2, 0) is 13.0 Å². The summed E-state index contributed by atoms with van der Waals surface area (Å²) >= 11 is 0. The maximum absolute atomic E-state index is 14.0. The van der Waals surface area contributed by atoms with E-state index in [9.17, 15) is 23.1 Å². The molecule has 0 fully saturated rings. The van der Waals surface area contributed by atoms with Crippen molar-refractivity contribution in [2.24, 2.45) is 0 Å². The molecule has 7 heteroatoms. The highest BCUT2D eigenvalue weighted by Gasteiger charge is 2.33. The van der Waals surface area contributed by atoms with Gasteiger partial charge in [0.1, 0.15) is 0 Å². The summed E-state index contributed by atoms with van der Waals surface area (Å²) in [5.74, 6) is -5.34. The summed E-state index contributed by atoms with van der Waals surface area (Å²) in [4.78, 5) is 17.3. The third-order valence-corrected chi connectivity index (χ3v) is 4.85. The van der Waals surface area contributed by atoms with Crippen molar-refractivity contribution in [3.63, 3.8) is 0 Å². The minimum absolute atomic E-state index is 0.118. The number of rotatable bonds is 2. The zero-order valence-corrected chi connectivity index (χ0v) is 13.6. The van der Waals surface area contributed by atoms with Crippen LogP contribution in [0.4, 0.5) is 13.2 Å². The Hall–Kier alpha value is -2.80. The lowest BCUT2D eigenvalue weighted by molar-refractivity contribution is 0.0535. The number of aromatic nitrogens is 1. The molecule has 0 radical (unpaired) electrons. The number of aliphatic hydroxyl groups excluding tert-OH is 1. The molecule has 0 saturated heterocycles. The average molecular weight is 360 g/mol. The minimum atomic E-state index is -1.68. The van der Waals surface area contributed by atoms with Gasteiger partial charge >= 0.3 is 0 Å². The summed E-state index contributed by atoms with van der Waals surface area (Å²) in [6.45, 7) is -0.206. The largest absolute Gasteiger partial charge is 0.394 e. The number of para-hydroxylation sites is 1. The van der Waals surface area contributed by atoms with E-state index in [2.05, 4.69) is 4.98 Å². The lowest BCUT2D eigenvalue weighted by Gasteiger charge is -2.35. The second kappa shape index (κ2) is 6.17. The van der Waals surface area contributed by atoms with Gasteiger partial charge in [0.25, 0.3) is 5.91 Å². The zero-order chi connectivity index (χ0) is 18.4. The van der Waals surface area contributed by atoms with Crippen LogP contribution < -0.4 is 0 Å². The van der Waals surface area contributed by atoms with Crippen molar-refractivity contribution in [3.05, 3.63) is 70.7 Å². The molecule has 26 heavy (non-hydrogen) atoms. The Morgan fingerprint density at radius 2 is 1.92 bits per heavy atom. The van der Waals surface area contributed by atoms with Crippen LogP contribution in [0, 0.1) is 17.5 Å². The molecular weight excluding hydrogens is 345 g/mol. The first-order chi connectivity index (χ1) is 12.5. The fourth-order valence-electron chi connectivity index (χ4n) is 3.52. The van der Waals surface area contributed by atoms with Crippen LogP contribution in [-0.4, -0.2) is 33.5 Å². The van der Waals surface area contributed by atoms with Crippen LogP contribution in [0.25, 0.3) is 10.9 Å². The van der Waals surface area contributed by atoms with Gasteiger partial charge in [-0.2, -0.15) is 0 Å². The van der Waals surface area contributed by atoms with Gasteiger partial charge in [0, 0.05) is 16.6 Å². The molecule has 1 aliphatic heterocycles. The van der Waals surface area contributed by atoms with E-state index in [1.54, 1.807) is 0 Å². The van der Waals surface area contributed by atoms with Gasteiger partial charge in [-0.05, 0) is 30.2 Å². The number of hydrogen-bond acceptors (Lipinski definition) is 2. The average Bonchev–Trinajstić information content (AvgIpc) is 3.02. The first-order valence-corrected chi connectivity index (χ1v) is 8.15. The maximum Gasteiger partial charge on any atom is 0.257 e. The standard InChI is InChI=1S/C19H15F3N2O2/c20-14-6-5-12(17(21)18(14)22)19(26)24-8-16-13(7-10(24)9-25)11-3-1-2-4-15(11)23-16/h1-6,10,23,25H,7-9H2. The third kappa shape index (κ3) is 2.47. The molecule has 134 valence electrons. The Morgan fingerprint density at radius 1 is 1.15 bits per heavy atom. The van der Waals surface area contributed by atoms with Crippen LogP contribution >= 0.6 is 0 Å². The van der Waals surface area contributed by atoms with Gasteiger partial charge in [0.15, 0.2) is 17.5 Å². The summed E-state index contributed by atoms with van der Waals surface area (Å²) in [5, 5.41) is 10.7. The Bertz CT molecular complexity index is 1020. The number of fused-ring (bicyclic) bond motifs is 3. The topological polar surface area (TPSA) is 56.3 Å². The fourth-order valence-corrected chi connectivity index (χ4v) is 3.52. The molecule has 0 bridgehead atoms. The Morgan fingerprint density at radius 3 is 2.69 bits per heavy atom. The van der Waals surface area contributed by atoms with Crippen molar-refractivity contribution in [1.29, 1.82) is 0 Å². The minimum Gasteiger partial charge on any atom is -0.394 e. The van der Waals surface area contributed by atoms with Crippen molar-refractivity contribution in [3.8, 4) is 0 Å². The van der Waals surface area contributed by atoms with Crippen molar-refractivity contribution in [2.75, 3.05) is 6.61 Å². The molecule has 1 unspecified atom stereocenters. The highest BCUT2D eigenvalue weighted by atomic mass is 19.2. The van der Waals surface area contributed by atoms with Crippen LogP contribution in [0.15, 0.2) is 36.4 Å². The van der Waals surface area contributed by atoms with E-state index in [1.807, 2.05) is 24.3 Å². The number of halogens is 3. The number of aliphatic hydroxyl groups is 1. The number of nitrogens with zero attached hydrogens (tertiary/aromatic N) is 1. The summed E-state index contributed by atoms with van der Waals surface area (Å²) in [6.07, 6.45) is 0.382. The number of nitrogens with one attached hydrogen (secondary N) is 1. The number of amides is 1. The molecule has 1 aromatic heterocycles. The fraction of sp³-hybridized carbons (Fsp3) is 0.211. The molecule has 1 aliphatic rings. The van der Waals surface area contributed by atoms with E-state index < -0.39 is 35.0 Å². The van der Waals surface area contributed by atoms with E-state index >= 15 is 0 Å². The predicted molar refractivity (Wildman–Crippen MR) is 89.1 cm³/mol. The first-order valence-electron chi connectivity index (χ1n) is 8.15. The van der Waals surface area contributed by atoms with Crippen molar-refractivity contribution in [1.82, 2.24) is 9.88 Å². The lowest BCUT2D eigenvalue weighted by atomic mass is 9.96. The van der Waals surface area contributed by atoms with E-state index in [0.717, 1.165) is 34.3 Å². The van der Waals surface area contributed by atoms with E-state index in [0.29, 0.717) is 6.42 Å². The van der Waals surface area contributed by atoms with E-state index in [-0.39, 0.29) is 13.2 Å². The first kappa shape index (κ1) is 16.7. The summed E-state index contributed by atoms with van der Waals surface area (Å²) in [7, 11) is 0. The Labute approximate surface area is 146 Å². The molecule has 4 nitrogen and oxygen atoms in total. The van der Waals surface area contributed by atoms with Gasteiger partial charge in [0.05, 0.1) is 24.8 Å². The second-order valence-electron chi connectivity index (χ2n) is 6.32. The SMILES string of the molecule is O=C(c1ccc(F)c(F)c1F)N1Cc2[nH]c3ccccc3c2CC1CO. The van der Waals surface area contributed by atoms with Gasteiger partial charge in [-0.15, -0.1) is 0 Å². The van der Waals surface area contributed by atoms with Crippen LogP contribution in [0.1, 0.15) is 21.6 Å². The third-order valence-electron chi connectivity index (χ3n) is 4.85. The highest BCUT2D eigenvalue weighted by molar-refractivity contribution is 5.95. The van der Waals surface area contributed by atoms with Crippen LogP contribution in [0.3, 0.4) is 0 Å². The van der Waals surface area contributed by atoms with Crippen LogP contribution in [0.2, 0.25) is 0 Å². The molecule has 0 saturated carbocycles. The molecule has 2 heterocycles. The summed E-state index contributed by atoms with van der Waals surface area (Å²) in [5.41, 5.74) is 2.13. The molecule has 0 aliphatic carbocycles. The highest BCUT2D eigenvalue weighted by Crippen LogP contribution is 2.31. The molecule has 4 rings (SSSR count). The van der Waals surface area contributed by atoms with Gasteiger partial charge in [0.2, 0.25) is 0 Å². The second-order valence-corrected chi connectivity index (χ2v) is 6.32. The summed E-state index contributed by atoms with van der Waals surface area (Å²) in [6, 6.07) is 8.70. The molecule has 3 aromatic rings. The number of aromatic amines is 1. The molecule has 0 spiro atoms. The normalized spacial score (nSPS) is 16.8. The Balaban J connectivity index is 1.75. The van der Waals surface area contributed by atoms with Gasteiger partial charge < -0.3 is 15.0 Å². The quantitative estimate of drug-likeness (QED) is 0.690. The van der Waals surface area contributed by atoms with Gasteiger partial charge in [-0.25, -0.2) is 13.2 Å². The van der Waals surface area contributed by atoms with Crippen molar-refractivity contribution < 1.29 is 23.1 Å². The number of benzene rings is 2. The van der Waals surface area contributed by atoms with E-state index in [4.69, 9.17) is 0 Å². The number of carbonyl (C=O) groups is 1. The molecule has 1 amide bonds. The molecule has 2 N–H and O–H groups in total. The van der Waals surface area contributed by atoms with Crippen molar-refractivity contribution in [2.45, 2.75) is 19.0 Å². The number of hydrogen-bond donors (Lipinski definition) is 2. The van der Waals surface area contributed by atoms with Crippen molar-refractivity contribution >= 4 is 16.8 Å². The summed E-state index contributed by atoms with van der Waals surface area (Å²) < 4.78 is 40.7. The zero-order valence-electron chi connectivity index (χ0n) is 13.6. The molecule has 1 atom stereocenters. The number of carbonyl (C=O) groups excluding carboxylic acids is 1. The molecule has 2 aromatic carbocycles. The monoisotopic (exact) mass is 360 g/mol. The molecular formula is C19H15F3N2O2. The van der Waals surface area contributed by atoms with Gasteiger partial charge in [-0.1, -0.05) is 18.2 Å². The maximum atomic E-state index is 14.0.